The first-order chi connectivity index (χ1) is 8.29. The zero-order valence-corrected chi connectivity index (χ0v) is 11.0. The minimum atomic E-state index is 0.481. The van der Waals surface area contributed by atoms with Gasteiger partial charge in [-0.15, -0.1) is 0 Å². The third-order valence-corrected chi connectivity index (χ3v) is 4.19. The lowest BCUT2D eigenvalue weighted by Crippen LogP contribution is -2.33. The molecule has 17 heavy (non-hydrogen) atoms. The van der Waals surface area contributed by atoms with Crippen molar-refractivity contribution in [3.63, 3.8) is 0 Å². The van der Waals surface area contributed by atoms with Gasteiger partial charge in [0, 0.05) is 25.7 Å². The first-order valence-corrected chi connectivity index (χ1v) is 7.37. The van der Waals surface area contributed by atoms with Crippen LogP contribution in [0.15, 0.2) is 0 Å². The van der Waals surface area contributed by atoms with E-state index in [1.807, 2.05) is 0 Å². The normalized spacial score (nSPS) is 33.5. The zero-order valence-electron chi connectivity index (χ0n) is 11.0. The highest BCUT2D eigenvalue weighted by atomic mass is 16.5. The predicted octanol–water partition coefficient (Wildman–Crippen LogP) is 1.63. The van der Waals surface area contributed by atoms with Crippen molar-refractivity contribution < 1.29 is 4.74 Å². The molecule has 1 saturated heterocycles. The monoisotopic (exact) mass is 238 g/mol. The standard InChI is InChI=1S/C14H26N2O/c1-16(9-11-2-3-11)10-14-7-6-13(17-14)8-15-12-4-5-12/h11-15H,2-10H2,1H3. The van der Waals surface area contributed by atoms with Crippen LogP contribution in [0.3, 0.4) is 0 Å². The number of hydrogen-bond acceptors (Lipinski definition) is 3. The number of ether oxygens (including phenoxy) is 1. The highest BCUT2D eigenvalue weighted by Crippen LogP contribution is 2.30. The summed E-state index contributed by atoms with van der Waals surface area (Å²) < 4.78 is 6.11. The molecule has 0 amide bonds. The SMILES string of the molecule is CN(CC1CC1)CC1CCC(CNC2CC2)O1. The topological polar surface area (TPSA) is 24.5 Å². The zero-order chi connectivity index (χ0) is 11.7. The van der Waals surface area contributed by atoms with Crippen molar-refractivity contribution in [3.05, 3.63) is 0 Å². The largest absolute Gasteiger partial charge is 0.372 e. The van der Waals surface area contributed by atoms with Crippen LogP contribution in [0.2, 0.25) is 0 Å². The summed E-state index contributed by atoms with van der Waals surface area (Å²) in [4.78, 5) is 2.47. The van der Waals surface area contributed by atoms with Crippen LogP contribution in [0.4, 0.5) is 0 Å². The molecule has 1 aliphatic heterocycles. The Bertz CT molecular complexity index is 251. The maximum Gasteiger partial charge on any atom is 0.0707 e. The summed E-state index contributed by atoms with van der Waals surface area (Å²) in [6, 6.07) is 0.815. The van der Waals surface area contributed by atoms with Crippen LogP contribution in [-0.4, -0.2) is 49.8 Å². The van der Waals surface area contributed by atoms with Gasteiger partial charge in [0.05, 0.1) is 12.2 Å². The van der Waals surface area contributed by atoms with Gasteiger partial charge in [0.25, 0.3) is 0 Å². The van der Waals surface area contributed by atoms with Gasteiger partial charge in [-0.2, -0.15) is 0 Å². The summed E-state index contributed by atoms with van der Waals surface area (Å²) in [5, 5.41) is 3.58. The maximum absolute atomic E-state index is 6.11. The fourth-order valence-corrected chi connectivity index (χ4v) is 2.81. The van der Waals surface area contributed by atoms with Crippen molar-refractivity contribution in [1.82, 2.24) is 10.2 Å². The van der Waals surface area contributed by atoms with Crippen LogP contribution >= 0.6 is 0 Å². The summed E-state index contributed by atoms with van der Waals surface area (Å²) in [6.07, 6.45) is 9.13. The summed E-state index contributed by atoms with van der Waals surface area (Å²) >= 11 is 0. The molecule has 0 radical (unpaired) electrons. The average molecular weight is 238 g/mol. The van der Waals surface area contributed by atoms with Crippen LogP contribution in [0.5, 0.6) is 0 Å². The van der Waals surface area contributed by atoms with E-state index in [1.165, 1.54) is 45.1 Å². The highest BCUT2D eigenvalue weighted by molar-refractivity contribution is 4.85. The van der Waals surface area contributed by atoms with E-state index in [2.05, 4.69) is 17.3 Å². The first kappa shape index (κ1) is 11.9. The van der Waals surface area contributed by atoms with Crippen molar-refractivity contribution >= 4 is 0 Å². The van der Waals surface area contributed by atoms with E-state index in [1.54, 1.807) is 0 Å². The Morgan fingerprint density at radius 1 is 1.00 bits per heavy atom. The van der Waals surface area contributed by atoms with Crippen LogP contribution < -0.4 is 5.32 Å². The Kier molecular flexibility index (Phi) is 3.69. The smallest absolute Gasteiger partial charge is 0.0707 e. The second kappa shape index (κ2) is 5.25. The predicted molar refractivity (Wildman–Crippen MR) is 69.1 cm³/mol. The molecule has 3 fully saturated rings. The van der Waals surface area contributed by atoms with Crippen molar-refractivity contribution in [2.24, 2.45) is 5.92 Å². The molecule has 3 rings (SSSR count). The lowest BCUT2D eigenvalue weighted by molar-refractivity contribution is 0.0271. The molecule has 3 aliphatic rings. The van der Waals surface area contributed by atoms with E-state index < -0.39 is 0 Å². The summed E-state index contributed by atoms with van der Waals surface area (Å²) in [5.74, 6) is 0.994. The molecule has 3 heteroatoms. The molecule has 98 valence electrons. The van der Waals surface area contributed by atoms with Gasteiger partial charge in [0.2, 0.25) is 0 Å². The molecule has 0 aromatic carbocycles. The third kappa shape index (κ3) is 3.94. The van der Waals surface area contributed by atoms with Crippen LogP contribution in [0.1, 0.15) is 38.5 Å². The number of rotatable bonds is 7. The van der Waals surface area contributed by atoms with Crippen molar-refractivity contribution in [2.75, 3.05) is 26.7 Å². The van der Waals surface area contributed by atoms with Crippen LogP contribution in [0, 0.1) is 5.92 Å². The molecule has 3 nitrogen and oxygen atoms in total. The highest BCUT2D eigenvalue weighted by Gasteiger charge is 2.29. The maximum atomic E-state index is 6.11. The molecule has 0 bridgehead atoms. The van der Waals surface area contributed by atoms with Gasteiger partial charge in [-0.05, 0) is 51.5 Å². The minimum absolute atomic E-state index is 0.481. The lowest BCUT2D eigenvalue weighted by Gasteiger charge is -2.21. The first-order valence-electron chi connectivity index (χ1n) is 7.37. The Morgan fingerprint density at radius 2 is 1.76 bits per heavy atom. The fraction of sp³-hybridized carbons (Fsp3) is 1.00. The Morgan fingerprint density at radius 3 is 2.47 bits per heavy atom. The van der Waals surface area contributed by atoms with Gasteiger partial charge in [-0.25, -0.2) is 0 Å². The minimum Gasteiger partial charge on any atom is -0.372 e. The number of nitrogens with one attached hydrogen (secondary N) is 1. The molecule has 0 aromatic heterocycles. The molecule has 0 aromatic rings. The quantitative estimate of drug-likeness (QED) is 0.729. The molecule has 0 spiro atoms. The Hall–Kier alpha value is -0.120. The van der Waals surface area contributed by atoms with E-state index in [-0.39, 0.29) is 0 Å². The third-order valence-electron chi connectivity index (χ3n) is 4.19. The second-order valence-electron chi connectivity index (χ2n) is 6.30. The van der Waals surface area contributed by atoms with Gasteiger partial charge < -0.3 is 15.0 Å². The molecule has 1 heterocycles. The van der Waals surface area contributed by atoms with Crippen LogP contribution in [0.25, 0.3) is 0 Å². The van der Waals surface area contributed by atoms with Crippen LogP contribution in [-0.2, 0) is 4.74 Å². The van der Waals surface area contributed by atoms with E-state index >= 15 is 0 Å². The van der Waals surface area contributed by atoms with Crippen molar-refractivity contribution in [3.8, 4) is 0 Å². The number of nitrogens with zero attached hydrogens (tertiary/aromatic N) is 1. The molecule has 2 atom stereocenters. The Balaban J connectivity index is 1.31. The van der Waals surface area contributed by atoms with E-state index in [9.17, 15) is 0 Å². The van der Waals surface area contributed by atoms with E-state index in [4.69, 9.17) is 4.74 Å². The van der Waals surface area contributed by atoms with Gasteiger partial charge in [-0.3, -0.25) is 0 Å². The Labute approximate surface area is 105 Å². The molecule has 1 N–H and O–H groups in total. The van der Waals surface area contributed by atoms with E-state index in [0.29, 0.717) is 12.2 Å². The summed E-state index contributed by atoms with van der Waals surface area (Å²) in [7, 11) is 2.25. The number of likely N-dealkylation sites (N-methyl/N-ethyl adjacent to an activating group) is 1. The molecular formula is C14H26N2O. The van der Waals surface area contributed by atoms with Gasteiger partial charge >= 0.3 is 0 Å². The lowest BCUT2D eigenvalue weighted by atomic mass is 10.2. The van der Waals surface area contributed by atoms with Gasteiger partial charge in [-0.1, -0.05) is 0 Å². The van der Waals surface area contributed by atoms with Gasteiger partial charge in [0.1, 0.15) is 0 Å². The second-order valence-corrected chi connectivity index (χ2v) is 6.30. The number of hydrogen-bond donors (Lipinski definition) is 1. The summed E-state index contributed by atoms with van der Waals surface area (Å²) in [6.45, 7) is 3.49. The molecule has 2 unspecified atom stereocenters. The molecule has 2 saturated carbocycles. The molecule has 2 aliphatic carbocycles. The summed E-state index contributed by atoms with van der Waals surface area (Å²) in [5.41, 5.74) is 0. The van der Waals surface area contributed by atoms with Crippen molar-refractivity contribution in [1.29, 1.82) is 0 Å². The van der Waals surface area contributed by atoms with Crippen molar-refractivity contribution in [2.45, 2.75) is 56.8 Å². The van der Waals surface area contributed by atoms with Gasteiger partial charge in [0.15, 0.2) is 0 Å². The molecular weight excluding hydrogens is 212 g/mol. The fourth-order valence-electron chi connectivity index (χ4n) is 2.81. The average Bonchev–Trinajstić information content (AvgIpc) is 3.19. The van der Waals surface area contributed by atoms with E-state index in [0.717, 1.165) is 25.0 Å².